The smallest absolute Gasteiger partial charge is 0.339 e. The third-order valence-electron chi connectivity index (χ3n) is 3.65. The van der Waals surface area contributed by atoms with E-state index in [1.807, 2.05) is 0 Å². The zero-order valence-electron chi connectivity index (χ0n) is 10.8. The molecule has 1 saturated carbocycles. The van der Waals surface area contributed by atoms with E-state index in [1.165, 1.54) is 6.07 Å². The molecule has 0 radical (unpaired) electrons. The van der Waals surface area contributed by atoms with Gasteiger partial charge in [0.25, 0.3) is 0 Å². The average Bonchev–Trinajstić information content (AvgIpc) is 2.41. The lowest BCUT2D eigenvalue weighted by Crippen LogP contribution is -2.35. The number of carboxylic acid groups (broad SMARTS) is 1. The molecule has 1 fully saturated rings. The fraction of sp³-hybridized carbons (Fsp3) is 0.500. The number of ether oxygens (including phenoxy) is 1. The molecule has 1 aliphatic carbocycles. The van der Waals surface area contributed by atoms with Crippen LogP contribution < -0.4 is 16.2 Å². The Morgan fingerprint density at radius 2 is 2.11 bits per heavy atom. The highest BCUT2D eigenvalue weighted by Crippen LogP contribution is 2.30. The summed E-state index contributed by atoms with van der Waals surface area (Å²) in [6.07, 6.45) is 4.22. The second kappa shape index (κ2) is 5.93. The van der Waals surface area contributed by atoms with Crippen LogP contribution in [0.15, 0.2) is 18.2 Å². The number of rotatable bonds is 4. The zero-order valence-corrected chi connectivity index (χ0v) is 10.8. The van der Waals surface area contributed by atoms with Crippen molar-refractivity contribution in [1.29, 1.82) is 0 Å². The predicted molar refractivity (Wildman–Crippen MR) is 73.2 cm³/mol. The summed E-state index contributed by atoms with van der Waals surface area (Å²) in [5, 5.41) is 9.18. The average molecular weight is 264 g/mol. The van der Waals surface area contributed by atoms with E-state index in [-0.39, 0.29) is 11.7 Å². The van der Waals surface area contributed by atoms with Gasteiger partial charge in [-0.2, -0.15) is 0 Å². The lowest BCUT2D eigenvalue weighted by atomic mass is 9.86. The van der Waals surface area contributed by atoms with Crippen LogP contribution in [0.1, 0.15) is 36.0 Å². The van der Waals surface area contributed by atoms with Gasteiger partial charge in [-0.05, 0) is 44.0 Å². The summed E-state index contributed by atoms with van der Waals surface area (Å²) < 4.78 is 5.89. The summed E-state index contributed by atoms with van der Waals surface area (Å²) in [4.78, 5) is 11.2. The number of hydrogen-bond donors (Lipinski definition) is 3. The molecule has 0 aliphatic heterocycles. The first kappa shape index (κ1) is 13.7. The normalized spacial score (nSPS) is 23.0. The van der Waals surface area contributed by atoms with Crippen LogP contribution in [0, 0.1) is 5.92 Å². The van der Waals surface area contributed by atoms with E-state index in [0.717, 1.165) is 25.7 Å². The number of carboxylic acids is 1. The second-order valence-electron chi connectivity index (χ2n) is 5.00. The van der Waals surface area contributed by atoms with Crippen LogP contribution in [0.25, 0.3) is 0 Å². The van der Waals surface area contributed by atoms with E-state index in [2.05, 4.69) is 0 Å². The number of nitrogen functional groups attached to an aromatic ring is 1. The van der Waals surface area contributed by atoms with Crippen molar-refractivity contribution >= 4 is 11.7 Å². The van der Waals surface area contributed by atoms with Gasteiger partial charge in [-0.3, -0.25) is 0 Å². The first-order valence-electron chi connectivity index (χ1n) is 6.61. The molecule has 2 atom stereocenters. The van der Waals surface area contributed by atoms with Crippen molar-refractivity contribution in [2.75, 3.05) is 12.3 Å². The molecule has 5 N–H and O–H groups in total. The number of aromatic carboxylic acids is 1. The fourth-order valence-electron chi connectivity index (χ4n) is 2.58. The van der Waals surface area contributed by atoms with Crippen LogP contribution in [0.5, 0.6) is 5.75 Å². The molecule has 0 heterocycles. The number of benzene rings is 1. The van der Waals surface area contributed by atoms with Crippen LogP contribution in [-0.4, -0.2) is 23.7 Å². The highest BCUT2D eigenvalue weighted by atomic mass is 16.5. The van der Waals surface area contributed by atoms with E-state index in [4.69, 9.17) is 16.2 Å². The van der Waals surface area contributed by atoms with Gasteiger partial charge >= 0.3 is 5.97 Å². The second-order valence-corrected chi connectivity index (χ2v) is 5.00. The molecular weight excluding hydrogens is 244 g/mol. The summed E-state index contributed by atoms with van der Waals surface area (Å²) >= 11 is 0. The zero-order chi connectivity index (χ0) is 13.8. The first-order chi connectivity index (χ1) is 9.11. The van der Waals surface area contributed by atoms with Crippen molar-refractivity contribution in [3.05, 3.63) is 23.8 Å². The molecule has 104 valence electrons. The van der Waals surface area contributed by atoms with Gasteiger partial charge in [0.1, 0.15) is 17.4 Å². The Morgan fingerprint density at radius 1 is 1.37 bits per heavy atom. The largest absolute Gasteiger partial charge is 0.489 e. The van der Waals surface area contributed by atoms with Gasteiger partial charge in [0.05, 0.1) is 0 Å². The topological polar surface area (TPSA) is 98.6 Å². The summed E-state index contributed by atoms with van der Waals surface area (Å²) in [5.41, 5.74) is 11.9. The van der Waals surface area contributed by atoms with E-state index in [1.54, 1.807) is 12.1 Å². The SMILES string of the molecule is NCC1CCCCC1Oc1ccc(N)cc1C(=O)O. The maximum Gasteiger partial charge on any atom is 0.339 e. The van der Waals surface area contributed by atoms with E-state index in [9.17, 15) is 9.90 Å². The van der Waals surface area contributed by atoms with Crippen LogP contribution in [0.4, 0.5) is 5.69 Å². The molecule has 0 bridgehead atoms. The highest BCUT2D eigenvalue weighted by molar-refractivity contribution is 5.92. The predicted octanol–water partition coefficient (Wildman–Crippen LogP) is 1.86. The van der Waals surface area contributed by atoms with Gasteiger partial charge in [-0.25, -0.2) is 4.79 Å². The summed E-state index contributed by atoms with van der Waals surface area (Å²) in [7, 11) is 0. The summed E-state index contributed by atoms with van der Waals surface area (Å²) in [5.74, 6) is -0.345. The number of carbonyl (C=O) groups is 1. The van der Waals surface area contributed by atoms with Crippen LogP contribution in [0.3, 0.4) is 0 Å². The lowest BCUT2D eigenvalue weighted by Gasteiger charge is -2.31. The van der Waals surface area contributed by atoms with E-state index in [0.29, 0.717) is 23.9 Å². The molecule has 2 unspecified atom stereocenters. The Morgan fingerprint density at radius 3 is 2.79 bits per heavy atom. The standard InChI is InChI=1S/C14H20N2O3/c15-8-9-3-1-2-4-12(9)19-13-6-5-10(16)7-11(13)14(17)18/h5-7,9,12H,1-4,8,15-16H2,(H,17,18). The molecule has 1 aromatic carbocycles. The maximum atomic E-state index is 11.2. The third kappa shape index (κ3) is 3.17. The Kier molecular flexibility index (Phi) is 4.27. The van der Waals surface area contributed by atoms with E-state index < -0.39 is 5.97 Å². The number of anilines is 1. The maximum absolute atomic E-state index is 11.2. The first-order valence-corrected chi connectivity index (χ1v) is 6.61. The quantitative estimate of drug-likeness (QED) is 0.721. The molecule has 1 aromatic rings. The Labute approximate surface area is 112 Å². The van der Waals surface area contributed by atoms with Crippen molar-refractivity contribution < 1.29 is 14.6 Å². The molecular formula is C14H20N2O3. The van der Waals surface area contributed by atoms with Gasteiger partial charge in [-0.1, -0.05) is 6.42 Å². The minimum Gasteiger partial charge on any atom is -0.489 e. The van der Waals surface area contributed by atoms with Crippen LogP contribution >= 0.6 is 0 Å². The van der Waals surface area contributed by atoms with Gasteiger partial charge in [-0.15, -0.1) is 0 Å². The molecule has 0 spiro atoms. The lowest BCUT2D eigenvalue weighted by molar-refractivity contribution is 0.0670. The molecule has 5 nitrogen and oxygen atoms in total. The van der Waals surface area contributed by atoms with E-state index >= 15 is 0 Å². The third-order valence-corrected chi connectivity index (χ3v) is 3.65. The Hall–Kier alpha value is -1.75. The van der Waals surface area contributed by atoms with Crippen molar-refractivity contribution in [3.63, 3.8) is 0 Å². The molecule has 19 heavy (non-hydrogen) atoms. The van der Waals surface area contributed by atoms with Crippen LogP contribution in [-0.2, 0) is 0 Å². The summed E-state index contributed by atoms with van der Waals surface area (Å²) in [6.45, 7) is 0.571. The number of nitrogens with two attached hydrogens (primary N) is 2. The monoisotopic (exact) mass is 264 g/mol. The van der Waals surface area contributed by atoms with Crippen molar-refractivity contribution in [1.82, 2.24) is 0 Å². The minimum atomic E-state index is -1.03. The van der Waals surface area contributed by atoms with Gasteiger partial charge < -0.3 is 21.3 Å². The van der Waals surface area contributed by atoms with Crippen molar-refractivity contribution in [2.45, 2.75) is 31.8 Å². The Balaban J connectivity index is 2.20. The Bertz CT molecular complexity index is 462. The van der Waals surface area contributed by atoms with Crippen LogP contribution in [0.2, 0.25) is 0 Å². The number of hydrogen-bond acceptors (Lipinski definition) is 4. The molecule has 0 saturated heterocycles. The highest BCUT2D eigenvalue weighted by Gasteiger charge is 2.27. The van der Waals surface area contributed by atoms with Gasteiger partial charge in [0.2, 0.25) is 0 Å². The molecule has 5 heteroatoms. The molecule has 0 amide bonds. The van der Waals surface area contributed by atoms with Crippen molar-refractivity contribution in [2.24, 2.45) is 11.7 Å². The fourth-order valence-corrected chi connectivity index (χ4v) is 2.58. The molecule has 0 aromatic heterocycles. The molecule has 2 rings (SSSR count). The minimum absolute atomic E-state index is 0.000439. The molecule has 1 aliphatic rings. The van der Waals surface area contributed by atoms with Gasteiger partial charge in [0, 0.05) is 11.6 Å². The van der Waals surface area contributed by atoms with Crippen molar-refractivity contribution in [3.8, 4) is 5.75 Å². The summed E-state index contributed by atoms with van der Waals surface area (Å²) in [6, 6.07) is 4.71. The van der Waals surface area contributed by atoms with Gasteiger partial charge in [0.15, 0.2) is 0 Å².